The molecule has 0 aliphatic carbocycles. The largest absolute Gasteiger partial charge is 0.494 e. The molecule has 1 N–H and O–H groups in total. The Morgan fingerprint density at radius 1 is 0.900 bits per heavy atom. The van der Waals surface area contributed by atoms with Gasteiger partial charge in [0, 0.05) is 12.1 Å². The average molecular weight is 412 g/mol. The maximum atomic E-state index is 12.1. The molecule has 30 heavy (non-hydrogen) atoms. The number of amides is 1. The average Bonchev–Trinajstić information content (AvgIpc) is 2.75. The van der Waals surface area contributed by atoms with Gasteiger partial charge in [0.1, 0.15) is 5.75 Å². The zero-order chi connectivity index (χ0) is 21.8. The molecule has 1 amide bonds. The minimum absolute atomic E-state index is 0.0800. The molecule has 0 unspecified atom stereocenters. The molecule has 2 rings (SSSR count). The summed E-state index contributed by atoms with van der Waals surface area (Å²) >= 11 is 0. The third-order valence-electron chi connectivity index (χ3n) is 4.75. The van der Waals surface area contributed by atoms with Gasteiger partial charge in [0.2, 0.25) is 5.91 Å². The Kier molecular flexibility index (Phi) is 9.92. The van der Waals surface area contributed by atoms with Crippen LogP contribution in [0.15, 0.2) is 48.5 Å². The fourth-order valence-corrected chi connectivity index (χ4v) is 2.89. The third-order valence-corrected chi connectivity index (χ3v) is 4.75. The number of benzene rings is 2. The van der Waals surface area contributed by atoms with E-state index >= 15 is 0 Å². The normalized spacial score (nSPS) is 10.7. The van der Waals surface area contributed by atoms with Crippen LogP contribution in [-0.2, 0) is 9.53 Å². The lowest BCUT2D eigenvalue weighted by Crippen LogP contribution is -2.13. The number of nitrogens with one attached hydrogen (secondary N) is 1. The van der Waals surface area contributed by atoms with E-state index in [0.717, 1.165) is 25.0 Å². The molecule has 0 aliphatic rings. The highest BCUT2D eigenvalue weighted by molar-refractivity contribution is 5.93. The summed E-state index contributed by atoms with van der Waals surface area (Å²) < 4.78 is 10.9. The van der Waals surface area contributed by atoms with Gasteiger partial charge in [0.25, 0.3) is 0 Å². The molecular weight excluding hydrogens is 378 g/mol. The van der Waals surface area contributed by atoms with E-state index in [1.165, 1.54) is 5.56 Å². The summed E-state index contributed by atoms with van der Waals surface area (Å²) in [5.74, 6) is 0.899. The minimum Gasteiger partial charge on any atom is -0.494 e. The molecule has 0 radical (unpaired) electrons. The first-order chi connectivity index (χ1) is 14.5. The van der Waals surface area contributed by atoms with Crippen molar-refractivity contribution in [3.63, 3.8) is 0 Å². The van der Waals surface area contributed by atoms with E-state index in [1.807, 2.05) is 12.1 Å². The first kappa shape index (κ1) is 23.5. The SMILES string of the molecule is CCCCCOC(=O)c1ccc(NC(=O)CCCOc2ccc(C(C)C)cc2)cc1. The van der Waals surface area contributed by atoms with Crippen molar-refractivity contribution in [2.75, 3.05) is 18.5 Å². The van der Waals surface area contributed by atoms with Gasteiger partial charge in [-0.3, -0.25) is 4.79 Å². The zero-order valence-electron chi connectivity index (χ0n) is 18.3. The minimum atomic E-state index is -0.331. The van der Waals surface area contributed by atoms with E-state index in [1.54, 1.807) is 24.3 Å². The molecular formula is C25H33NO4. The summed E-state index contributed by atoms with van der Waals surface area (Å²) in [6.07, 6.45) is 4.01. The highest BCUT2D eigenvalue weighted by Gasteiger charge is 2.08. The highest BCUT2D eigenvalue weighted by Crippen LogP contribution is 2.19. The molecule has 2 aromatic rings. The Hall–Kier alpha value is -2.82. The molecule has 162 valence electrons. The maximum Gasteiger partial charge on any atom is 0.338 e. The summed E-state index contributed by atoms with van der Waals surface area (Å²) in [5.41, 5.74) is 2.42. The van der Waals surface area contributed by atoms with Crippen LogP contribution in [0, 0.1) is 0 Å². The van der Waals surface area contributed by atoms with Gasteiger partial charge in [-0.25, -0.2) is 4.79 Å². The number of hydrogen-bond acceptors (Lipinski definition) is 4. The van der Waals surface area contributed by atoms with Gasteiger partial charge in [-0.1, -0.05) is 45.7 Å². The molecule has 0 atom stereocenters. The number of ether oxygens (including phenoxy) is 2. The summed E-state index contributed by atoms with van der Waals surface area (Å²) in [6, 6.07) is 14.8. The Balaban J connectivity index is 1.67. The quantitative estimate of drug-likeness (QED) is 0.346. The summed E-state index contributed by atoms with van der Waals surface area (Å²) in [5, 5.41) is 2.84. The van der Waals surface area contributed by atoms with E-state index in [-0.39, 0.29) is 11.9 Å². The van der Waals surface area contributed by atoms with E-state index < -0.39 is 0 Å². The van der Waals surface area contributed by atoms with Gasteiger partial charge in [0.15, 0.2) is 0 Å². The van der Waals surface area contributed by atoms with Crippen LogP contribution in [-0.4, -0.2) is 25.1 Å². The molecule has 5 heteroatoms. The second-order valence-electron chi connectivity index (χ2n) is 7.64. The molecule has 0 spiro atoms. The summed E-state index contributed by atoms with van der Waals surface area (Å²) in [7, 11) is 0. The molecule has 5 nitrogen and oxygen atoms in total. The van der Waals surface area contributed by atoms with E-state index in [4.69, 9.17) is 9.47 Å². The van der Waals surface area contributed by atoms with Crippen LogP contribution >= 0.6 is 0 Å². The van der Waals surface area contributed by atoms with E-state index in [9.17, 15) is 9.59 Å². The third kappa shape index (κ3) is 8.27. The molecule has 0 heterocycles. The van der Waals surface area contributed by atoms with Gasteiger partial charge in [0.05, 0.1) is 18.8 Å². The van der Waals surface area contributed by atoms with Crippen LogP contribution in [0.1, 0.15) is 74.7 Å². The van der Waals surface area contributed by atoms with Crippen LogP contribution in [0.25, 0.3) is 0 Å². The molecule has 0 bridgehead atoms. The zero-order valence-corrected chi connectivity index (χ0v) is 18.3. The fourth-order valence-electron chi connectivity index (χ4n) is 2.89. The maximum absolute atomic E-state index is 12.1. The lowest BCUT2D eigenvalue weighted by Gasteiger charge is -2.09. The second kappa shape index (κ2) is 12.7. The Morgan fingerprint density at radius 2 is 1.60 bits per heavy atom. The monoisotopic (exact) mass is 411 g/mol. The summed E-state index contributed by atoms with van der Waals surface area (Å²) in [4.78, 5) is 24.1. The number of anilines is 1. The Labute approximate surface area is 179 Å². The highest BCUT2D eigenvalue weighted by atomic mass is 16.5. The predicted octanol–water partition coefficient (Wildman–Crippen LogP) is 5.95. The van der Waals surface area contributed by atoms with Gasteiger partial charge in [-0.05, 0) is 60.7 Å². The van der Waals surface area contributed by atoms with Crippen LogP contribution in [0.3, 0.4) is 0 Å². The Morgan fingerprint density at radius 3 is 2.23 bits per heavy atom. The first-order valence-electron chi connectivity index (χ1n) is 10.8. The number of unbranched alkanes of at least 4 members (excludes halogenated alkanes) is 2. The van der Waals surface area contributed by atoms with Crippen molar-refractivity contribution in [2.24, 2.45) is 0 Å². The van der Waals surface area contributed by atoms with E-state index in [0.29, 0.717) is 43.2 Å². The van der Waals surface area contributed by atoms with Gasteiger partial charge in [-0.15, -0.1) is 0 Å². The van der Waals surface area contributed by atoms with Crippen molar-refractivity contribution in [1.29, 1.82) is 0 Å². The van der Waals surface area contributed by atoms with Crippen LogP contribution < -0.4 is 10.1 Å². The lowest BCUT2D eigenvalue weighted by atomic mass is 10.0. The van der Waals surface area contributed by atoms with Gasteiger partial charge in [-0.2, -0.15) is 0 Å². The number of carbonyl (C=O) groups is 2. The molecule has 0 aliphatic heterocycles. The summed E-state index contributed by atoms with van der Waals surface area (Å²) in [6.45, 7) is 7.34. The second-order valence-corrected chi connectivity index (χ2v) is 7.64. The molecule has 0 fully saturated rings. The van der Waals surface area contributed by atoms with Gasteiger partial charge >= 0.3 is 5.97 Å². The van der Waals surface area contributed by atoms with Crippen molar-refractivity contribution in [3.8, 4) is 5.75 Å². The van der Waals surface area contributed by atoms with Gasteiger partial charge < -0.3 is 14.8 Å². The van der Waals surface area contributed by atoms with Crippen molar-refractivity contribution >= 4 is 17.6 Å². The number of rotatable bonds is 12. The number of carbonyl (C=O) groups excluding carboxylic acids is 2. The fraction of sp³-hybridized carbons (Fsp3) is 0.440. The standard InChI is InChI=1S/C25H33NO4/c1-4-5-6-17-30-25(28)21-9-13-22(14-10-21)26-24(27)8-7-18-29-23-15-11-20(12-16-23)19(2)3/h9-16,19H,4-8,17-18H2,1-3H3,(H,26,27). The molecule has 0 saturated carbocycles. The van der Waals surface area contributed by atoms with Crippen molar-refractivity contribution < 1.29 is 19.1 Å². The Bertz CT molecular complexity index is 782. The number of esters is 1. The van der Waals surface area contributed by atoms with Crippen molar-refractivity contribution in [2.45, 2.75) is 58.8 Å². The van der Waals surface area contributed by atoms with Crippen molar-refractivity contribution in [3.05, 3.63) is 59.7 Å². The molecule has 2 aromatic carbocycles. The first-order valence-corrected chi connectivity index (χ1v) is 10.8. The molecule has 0 saturated heterocycles. The number of hydrogen-bond donors (Lipinski definition) is 1. The van der Waals surface area contributed by atoms with Crippen LogP contribution in [0.5, 0.6) is 5.75 Å². The predicted molar refractivity (Wildman–Crippen MR) is 120 cm³/mol. The van der Waals surface area contributed by atoms with Crippen LogP contribution in [0.2, 0.25) is 0 Å². The lowest BCUT2D eigenvalue weighted by molar-refractivity contribution is -0.116. The topological polar surface area (TPSA) is 64.6 Å². The van der Waals surface area contributed by atoms with Crippen molar-refractivity contribution in [1.82, 2.24) is 0 Å². The van der Waals surface area contributed by atoms with E-state index in [2.05, 4.69) is 38.2 Å². The molecule has 0 aromatic heterocycles. The van der Waals surface area contributed by atoms with Crippen LogP contribution in [0.4, 0.5) is 5.69 Å². The smallest absolute Gasteiger partial charge is 0.338 e.